The second-order valence-corrected chi connectivity index (χ2v) is 10.4. The lowest BCUT2D eigenvalue weighted by Gasteiger charge is -2.14. The fraction of sp³-hybridized carbons (Fsp3) is 0.300. The number of aliphatic hydroxyl groups is 2. The molecule has 0 radical (unpaired) electrons. The molecule has 0 atom stereocenters. The Morgan fingerprint density at radius 1 is 0.925 bits per heavy atom. The molecule has 210 valence electrons. The van der Waals surface area contributed by atoms with Gasteiger partial charge in [0, 0.05) is 29.6 Å². The first-order valence-corrected chi connectivity index (χ1v) is 13.2. The number of anilines is 2. The topological polar surface area (TPSA) is 134 Å². The normalized spacial score (nSPS) is 11.4. The third-order valence-electron chi connectivity index (χ3n) is 6.19. The van der Waals surface area contributed by atoms with Crippen LogP contribution in [0.5, 0.6) is 11.5 Å². The standard InChI is InChI=1S/C30H36N6O4/c1-30(2,3)27-18-28(36(35-27)24-8-4-21(5-9-24)12-17-32-23(19-37)20-38)34-29(39)33-22-6-10-25(11-7-22)40-26-13-15-31-16-14-26/h4-11,13-16,18,23,32,37-38H,12,17,19-20H2,1-3H3,(H2,33,34,39). The molecular formula is C30H36N6O4. The van der Waals surface area contributed by atoms with Gasteiger partial charge in [-0.1, -0.05) is 32.9 Å². The SMILES string of the molecule is CC(C)(C)c1cc(NC(=O)Nc2ccc(Oc3ccncc3)cc2)n(-c2ccc(CCNC(CO)CO)cc2)n1. The highest BCUT2D eigenvalue weighted by Crippen LogP contribution is 2.27. The Morgan fingerprint density at radius 3 is 2.20 bits per heavy atom. The van der Waals surface area contributed by atoms with E-state index >= 15 is 0 Å². The van der Waals surface area contributed by atoms with Crippen LogP contribution in [0.2, 0.25) is 0 Å². The fourth-order valence-corrected chi connectivity index (χ4v) is 3.87. The lowest BCUT2D eigenvalue weighted by Crippen LogP contribution is -2.36. The molecule has 2 amide bonds. The summed E-state index contributed by atoms with van der Waals surface area (Å²) < 4.78 is 7.50. The zero-order chi connectivity index (χ0) is 28.5. The zero-order valence-electron chi connectivity index (χ0n) is 23.0. The third-order valence-corrected chi connectivity index (χ3v) is 6.19. The molecule has 4 aromatic rings. The number of aromatic nitrogens is 3. The van der Waals surface area contributed by atoms with E-state index in [1.165, 1.54) is 0 Å². The van der Waals surface area contributed by atoms with Crippen molar-refractivity contribution in [3.63, 3.8) is 0 Å². The summed E-state index contributed by atoms with van der Waals surface area (Å²) in [5.74, 6) is 1.87. The minimum absolute atomic E-state index is 0.111. The number of ether oxygens (including phenoxy) is 1. The Kier molecular flexibility index (Phi) is 9.49. The molecule has 0 aliphatic rings. The summed E-state index contributed by atoms with van der Waals surface area (Å²) in [6, 6.07) is 19.7. The predicted octanol–water partition coefficient (Wildman–Crippen LogP) is 4.49. The van der Waals surface area contributed by atoms with E-state index in [-0.39, 0.29) is 24.7 Å². The first-order valence-electron chi connectivity index (χ1n) is 13.2. The van der Waals surface area contributed by atoms with E-state index in [0.717, 1.165) is 23.4 Å². The van der Waals surface area contributed by atoms with E-state index in [9.17, 15) is 15.0 Å². The minimum atomic E-state index is -0.394. The van der Waals surface area contributed by atoms with Crippen molar-refractivity contribution in [2.75, 3.05) is 30.4 Å². The number of amides is 2. The van der Waals surface area contributed by atoms with Gasteiger partial charge >= 0.3 is 6.03 Å². The lowest BCUT2D eigenvalue weighted by atomic mass is 9.92. The summed E-state index contributed by atoms with van der Waals surface area (Å²) in [6.07, 6.45) is 4.06. The maximum absolute atomic E-state index is 12.9. The van der Waals surface area contributed by atoms with Crippen molar-refractivity contribution in [2.45, 2.75) is 38.6 Å². The van der Waals surface area contributed by atoms with E-state index < -0.39 is 6.03 Å². The zero-order valence-corrected chi connectivity index (χ0v) is 23.0. The van der Waals surface area contributed by atoms with Crippen molar-refractivity contribution in [3.05, 3.63) is 90.4 Å². The molecule has 2 aromatic heterocycles. The average Bonchev–Trinajstić information content (AvgIpc) is 3.37. The summed E-state index contributed by atoms with van der Waals surface area (Å²) in [5, 5.41) is 32.1. The molecule has 0 saturated heterocycles. The van der Waals surface area contributed by atoms with Crippen LogP contribution in [0.15, 0.2) is 79.1 Å². The number of carbonyl (C=O) groups excluding carboxylic acids is 1. The number of urea groups is 1. The maximum Gasteiger partial charge on any atom is 0.324 e. The van der Waals surface area contributed by atoms with Gasteiger partial charge in [0.25, 0.3) is 0 Å². The highest BCUT2D eigenvalue weighted by molar-refractivity contribution is 5.99. The number of benzene rings is 2. The fourth-order valence-electron chi connectivity index (χ4n) is 3.87. The number of hydrogen-bond acceptors (Lipinski definition) is 7. The van der Waals surface area contributed by atoms with Crippen LogP contribution in [-0.4, -0.2) is 56.8 Å². The smallest absolute Gasteiger partial charge is 0.324 e. The van der Waals surface area contributed by atoms with E-state index in [0.29, 0.717) is 29.5 Å². The van der Waals surface area contributed by atoms with E-state index in [4.69, 9.17) is 9.84 Å². The van der Waals surface area contributed by atoms with E-state index in [2.05, 4.69) is 41.7 Å². The number of carbonyl (C=O) groups is 1. The van der Waals surface area contributed by atoms with Crippen LogP contribution in [0, 0.1) is 0 Å². The molecular weight excluding hydrogens is 508 g/mol. The van der Waals surface area contributed by atoms with Gasteiger partial charge in [-0.05, 0) is 67.1 Å². The molecule has 0 bridgehead atoms. The van der Waals surface area contributed by atoms with Crippen LogP contribution in [-0.2, 0) is 11.8 Å². The third kappa shape index (κ3) is 7.89. The predicted molar refractivity (Wildman–Crippen MR) is 155 cm³/mol. The quantitative estimate of drug-likeness (QED) is 0.188. The number of rotatable bonds is 11. The van der Waals surface area contributed by atoms with Crippen molar-refractivity contribution in [1.82, 2.24) is 20.1 Å². The summed E-state index contributed by atoms with van der Waals surface area (Å²) in [4.78, 5) is 16.9. The molecule has 0 aliphatic heterocycles. The number of nitrogens with one attached hydrogen (secondary N) is 3. The Bertz CT molecular complexity index is 1360. The second kappa shape index (κ2) is 13.2. The lowest BCUT2D eigenvalue weighted by molar-refractivity contribution is 0.171. The molecule has 4 rings (SSSR count). The van der Waals surface area contributed by atoms with Gasteiger partial charge in [-0.25, -0.2) is 9.48 Å². The molecule has 5 N–H and O–H groups in total. The summed E-state index contributed by atoms with van der Waals surface area (Å²) in [7, 11) is 0. The summed E-state index contributed by atoms with van der Waals surface area (Å²) >= 11 is 0. The van der Waals surface area contributed by atoms with Gasteiger partial charge in [0.15, 0.2) is 0 Å². The molecule has 10 heteroatoms. The molecule has 40 heavy (non-hydrogen) atoms. The van der Waals surface area contributed by atoms with Crippen molar-refractivity contribution >= 4 is 17.5 Å². The van der Waals surface area contributed by atoms with Crippen LogP contribution < -0.4 is 20.7 Å². The Balaban J connectivity index is 1.43. The first-order chi connectivity index (χ1) is 19.2. The molecule has 2 aromatic carbocycles. The molecule has 10 nitrogen and oxygen atoms in total. The second-order valence-electron chi connectivity index (χ2n) is 10.4. The number of nitrogens with zero attached hydrogens (tertiary/aromatic N) is 3. The van der Waals surface area contributed by atoms with Crippen molar-refractivity contribution in [2.24, 2.45) is 0 Å². The maximum atomic E-state index is 12.9. The van der Waals surface area contributed by atoms with Crippen LogP contribution in [0.4, 0.5) is 16.3 Å². The highest BCUT2D eigenvalue weighted by Gasteiger charge is 2.21. The van der Waals surface area contributed by atoms with Gasteiger partial charge in [-0.15, -0.1) is 0 Å². The van der Waals surface area contributed by atoms with Crippen molar-refractivity contribution in [1.29, 1.82) is 0 Å². The van der Waals surface area contributed by atoms with Gasteiger partial charge in [-0.3, -0.25) is 10.3 Å². The monoisotopic (exact) mass is 544 g/mol. The van der Waals surface area contributed by atoms with Crippen molar-refractivity contribution < 1.29 is 19.7 Å². The molecule has 0 fully saturated rings. The van der Waals surface area contributed by atoms with Crippen LogP contribution in [0.1, 0.15) is 32.0 Å². The van der Waals surface area contributed by atoms with Gasteiger partial charge in [0.05, 0.1) is 30.6 Å². The summed E-state index contributed by atoms with van der Waals surface area (Å²) in [6.45, 7) is 6.62. The van der Waals surface area contributed by atoms with E-state index in [1.807, 2.05) is 30.3 Å². The Morgan fingerprint density at radius 2 is 1.57 bits per heavy atom. The van der Waals surface area contributed by atoms with Gasteiger partial charge in [0.2, 0.25) is 0 Å². The van der Waals surface area contributed by atoms with Crippen LogP contribution >= 0.6 is 0 Å². The molecule has 0 spiro atoms. The Hall–Kier alpha value is -4.25. The van der Waals surface area contributed by atoms with Crippen molar-refractivity contribution in [3.8, 4) is 17.2 Å². The van der Waals surface area contributed by atoms with Gasteiger partial charge in [-0.2, -0.15) is 5.10 Å². The molecule has 2 heterocycles. The molecule has 0 saturated carbocycles. The minimum Gasteiger partial charge on any atom is -0.457 e. The number of hydrogen-bond donors (Lipinski definition) is 5. The van der Waals surface area contributed by atoms with E-state index in [1.54, 1.807) is 53.5 Å². The number of aliphatic hydroxyl groups excluding tert-OH is 2. The van der Waals surface area contributed by atoms with Gasteiger partial charge < -0.3 is 25.6 Å². The number of pyridine rings is 1. The first kappa shape index (κ1) is 28.8. The largest absolute Gasteiger partial charge is 0.457 e. The highest BCUT2D eigenvalue weighted by atomic mass is 16.5. The van der Waals surface area contributed by atoms with Gasteiger partial charge in [0.1, 0.15) is 17.3 Å². The molecule has 0 aliphatic carbocycles. The average molecular weight is 545 g/mol. The van der Waals surface area contributed by atoms with Crippen LogP contribution in [0.25, 0.3) is 5.69 Å². The summed E-state index contributed by atoms with van der Waals surface area (Å²) in [5.41, 5.74) is 3.14. The van der Waals surface area contributed by atoms with Crippen LogP contribution in [0.3, 0.4) is 0 Å². The molecule has 0 unspecified atom stereocenters. The Labute approximate surface area is 234 Å².